The van der Waals surface area contributed by atoms with E-state index in [9.17, 15) is 14.7 Å². The minimum atomic E-state index is -1.67. The van der Waals surface area contributed by atoms with Gasteiger partial charge in [-0.15, -0.1) is 30.0 Å². The number of ether oxygens (including phenoxy) is 5. The molecule has 2 unspecified atom stereocenters. The van der Waals surface area contributed by atoms with E-state index in [0.29, 0.717) is 55.8 Å². The van der Waals surface area contributed by atoms with E-state index in [2.05, 4.69) is 20.4 Å². The van der Waals surface area contributed by atoms with Crippen molar-refractivity contribution in [2.45, 2.75) is 40.9 Å². The van der Waals surface area contributed by atoms with Crippen molar-refractivity contribution in [3.8, 4) is 34.4 Å². The second kappa shape index (κ2) is 20.7. The number of fused-ring (bicyclic) bond motifs is 2. The van der Waals surface area contributed by atoms with Crippen molar-refractivity contribution in [1.82, 2.24) is 30.0 Å². The largest absolute Gasteiger partial charge is 0.497 e. The number of carbonyl (C=O) groups is 2. The van der Waals surface area contributed by atoms with Crippen molar-refractivity contribution < 1.29 is 38.4 Å². The lowest BCUT2D eigenvalue weighted by molar-refractivity contribution is -0.154. The molecule has 8 aromatic rings. The molecule has 6 aromatic carbocycles. The third-order valence-corrected chi connectivity index (χ3v) is 9.47. The Morgan fingerprint density at radius 2 is 1.05 bits per heavy atom. The molecule has 8 rings (SSSR count). The second-order valence-electron chi connectivity index (χ2n) is 13.0. The highest BCUT2D eigenvalue weighted by Gasteiger charge is 2.39. The number of carboxylic acids is 1. The molecule has 0 saturated heterocycles. The number of hydrogen-bond donors (Lipinski definition) is 1. The fraction of sp³-hybridized carbons (Fsp3) is 0.191. The number of aromatic nitrogens is 6. The molecule has 0 fully saturated rings. The van der Waals surface area contributed by atoms with Gasteiger partial charge in [0, 0.05) is 28.3 Å². The number of nitrogens with zero attached hydrogens (tertiary/aromatic N) is 6. The standard InChI is InChI=1S/C22H18ClN3O4.C22H19N3O4.3CH4/c1-22(21(27)28,14-7-9-15(23)10-8-14)30-20-12-11-16(29-2)13-19(20)26-24-17-5-3-4-6-18(17)25-26;1-27-16-12-13-20(29-21(22(26)28-2)15-8-4-3-5-9-15)19(14-16)25-23-17-10-6-7-11-18(17)24-25;;;/h3-13H,1-2H3,(H,27,28);3-14,21H,1-2H3;3*1H4. The van der Waals surface area contributed by atoms with E-state index < -0.39 is 23.6 Å². The van der Waals surface area contributed by atoms with Crippen LogP contribution in [0.2, 0.25) is 5.02 Å². The summed E-state index contributed by atoms with van der Waals surface area (Å²) < 4.78 is 27.8. The smallest absolute Gasteiger partial charge is 0.352 e. The molecule has 62 heavy (non-hydrogen) atoms. The van der Waals surface area contributed by atoms with Crippen LogP contribution in [0.15, 0.2) is 140 Å². The van der Waals surface area contributed by atoms with Crippen LogP contribution in [0, 0.1) is 0 Å². The van der Waals surface area contributed by atoms with Gasteiger partial charge in [-0.1, -0.05) is 101 Å². The minimum Gasteiger partial charge on any atom is -0.497 e. The molecule has 1 N–H and O–H groups in total. The number of methoxy groups -OCH3 is 3. The fourth-order valence-electron chi connectivity index (χ4n) is 6.01. The Morgan fingerprint density at radius 3 is 1.48 bits per heavy atom. The minimum absolute atomic E-state index is 0. The zero-order valence-corrected chi connectivity index (χ0v) is 33.0. The van der Waals surface area contributed by atoms with Gasteiger partial charge in [0.2, 0.25) is 11.7 Å². The second-order valence-corrected chi connectivity index (χ2v) is 13.4. The summed E-state index contributed by atoms with van der Waals surface area (Å²) in [7, 11) is 4.45. The number of halogens is 1. The van der Waals surface area contributed by atoms with Crippen LogP contribution in [-0.4, -0.2) is 68.4 Å². The van der Waals surface area contributed by atoms with E-state index in [0.717, 1.165) is 11.0 Å². The number of carboxylic acid groups (broad SMARTS) is 1. The summed E-state index contributed by atoms with van der Waals surface area (Å²) in [6.07, 6.45) is -0.932. The van der Waals surface area contributed by atoms with Gasteiger partial charge in [0.25, 0.3) is 0 Å². The SMILES string of the molecule is C.C.C.COC(=O)C(Oc1ccc(OC)cc1-n1nc2ccccc2n1)c1ccccc1.COc1ccc(OC(C)(C(=O)O)c2ccc(Cl)cc2)c(-n2nc3ccccc3n2)c1. The summed E-state index contributed by atoms with van der Waals surface area (Å²) in [5.74, 6) is 0.230. The number of esters is 1. The van der Waals surface area contributed by atoms with E-state index >= 15 is 0 Å². The molecule has 322 valence electrons. The normalized spacial score (nSPS) is 11.8. The van der Waals surface area contributed by atoms with Crippen molar-refractivity contribution in [2.24, 2.45) is 0 Å². The van der Waals surface area contributed by atoms with Crippen LogP contribution in [0.1, 0.15) is 46.4 Å². The summed E-state index contributed by atoms with van der Waals surface area (Å²) in [4.78, 5) is 27.5. The molecule has 0 aliphatic heterocycles. The summed E-state index contributed by atoms with van der Waals surface area (Å²) in [6.45, 7) is 1.49. The average molecular weight is 861 g/mol. The molecule has 0 amide bonds. The van der Waals surface area contributed by atoms with Crippen molar-refractivity contribution in [1.29, 1.82) is 0 Å². The topological polar surface area (TPSA) is 162 Å². The number of benzene rings is 6. The first-order chi connectivity index (χ1) is 28.6. The average Bonchev–Trinajstić information content (AvgIpc) is 3.91. The summed E-state index contributed by atoms with van der Waals surface area (Å²) in [5.41, 5.74) is 3.34. The molecule has 2 heterocycles. The van der Waals surface area contributed by atoms with E-state index in [-0.39, 0.29) is 28.0 Å². The van der Waals surface area contributed by atoms with Crippen LogP contribution < -0.4 is 18.9 Å². The van der Waals surface area contributed by atoms with Crippen LogP contribution in [0.3, 0.4) is 0 Å². The third kappa shape index (κ3) is 10.1. The van der Waals surface area contributed by atoms with Gasteiger partial charge in [0.05, 0.1) is 21.3 Å². The van der Waals surface area contributed by atoms with E-state index in [1.54, 1.807) is 74.9 Å². The van der Waals surface area contributed by atoms with Crippen molar-refractivity contribution in [3.63, 3.8) is 0 Å². The Morgan fingerprint density at radius 1 is 0.613 bits per heavy atom. The Hall–Kier alpha value is -7.45. The first kappa shape index (κ1) is 47.2. The Balaban J connectivity index is 0.000000260. The van der Waals surface area contributed by atoms with Gasteiger partial charge < -0.3 is 28.8 Å². The van der Waals surface area contributed by atoms with Crippen LogP contribution >= 0.6 is 11.6 Å². The van der Waals surface area contributed by atoms with Crippen molar-refractivity contribution >= 4 is 45.6 Å². The van der Waals surface area contributed by atoms with Crippen LogP contribution in [0.5, 0.6) is 23.0 Å². The number of carbonyl (C=O) groups excluding carboxylic acids is 1. The lowest BCUT2D eigenvalue weighted by atomic mass is 9.96. The summed E-state index contributed by atoms with van der Waals surface area (Å²) >= 11 is 5.96. The van der Waals surface area contributed by atoms with E-state index in [4.69, 9.17) is 35.3 Å². The van der Waals surface area contributed by atoms with Crippen LogP contribution in [0.25, 0.3) is 33.4 Å². The van der Waals surface area contributed by atoms with E-state index in [1.807, 2.05) is 78.9 Å². The zero-order chi connectivity index (χ0) is 41.5. The van der Waals surface area contributed by atoms with Gasteiger partial charge in [0.1, 0.15) is 56.4 Å². The molecular formula is C47H49ClN6O8. The predicted molar refractivity (Wildman–Crippen MR) is 240 cm³/mol. The van der Waals surface area contributed by atoms with Gasteiger partial charge in [-0.3, -0.25) is 0 Å². The highest BCUT2D eigenvalue weighted by molar-refractivity contribution is 6.30. The number of rotatable bonds is 12. The van der Waals surface area contributed by atoms with Gasteiger partial charge >= 0.3 is 11.9 Å². The van der Waals surface area contributed by atoms with Crippen molar-refractivity contribution in [2.75, 3.05) is 21.3 Å². The van der Waals surface area contributed by atoms with Crippen molar-refractivity contribution in [3.05, 3.63) is 156 Å². The lowest BCUT2D eigenvalue weighted by Crippen LogP contribution is -2.38. The van der Waals surface area contributed by atoms with Gasteiger partial charge in [-0.25, -0.2) is 9.59 Å². The molecule has 2 atom stereocenters. The first-order valence-corrected chi connectivity index (χ1v) is 18.5. The van der Waals surface area contributed by atoms with Gasteiger partial charge in [-0.05, 0) is 67.6 Å². The molecule has 0 spiro atoms. The van der Waals surface area contributed by atoms with Gasteiger partial charge in [-0.2, -0.15) is 0 Å². The molecule has 0 bridgehead atoms. The maximum atomic E-state index is 12.4. The molecule has 2 aromatic heterocycles. The maximum Gasteiger partial charge on any atom is 0.352 e. The monoisotopic (exact) mass is 860 g/mol. The van der Waals surface area contributed by atoms with Crippen LogP contribution in [-0.2, 0) is 19.9 Å². The lowest BCUT2D eigenvalue weighted by Gasteiger charge is -2.28. The first-order valence-electron chi connectivity index (χ1n) is 18.1. The molecule has 14 nitrogen and oxygen atoms in total. The Bertz CT molecular complexity index is 2680. The molecule has 15 heteroatoms. The molecule has 0 aliphatic rings. The van der Waals surface area contributed by atoms with E-state index in [1.165, 1.54) is 23.6 Å². The number of hydrogen-bond acceptors (Lipinski definition) is 11. The van der Waals surface area contributed by atoms with Crippen LogP contribution in [0.4, 0.5) is 0 Å². The fourth-order valence-corrected chi connectivity index (χ4v) is 6.14. The summed E-state index contributed by atoms with van der Waals surface area (Å²) in [5, 5.41) is 28.5. The highest BCUT2D eigenvalue weighted by Crippen LogP contribution is 2.36. The Kier molecular flexibility index (Phi) is 15.8. The maximum absolute atomic E-state index is 12.4. The third-order valence-electron chi connectivity index (χ3n) is 9.22. The molecule has 0 saturated carbocycles. The molecule has 0 aliphatic carbocycles. The molecule has 0 radical (unpaired) electrons. The zero-order valence-electron chi connectivity index (χ0n) is 32.2. The number of aliphatic carboxylic acids is 1. The Labute approximate surface area is 365 Å². The highest BCUT2D eigenvalue weighted by atomic mass is 35.5. The summed E-state index contributed by atoms with van der Waals surface area (Å²) in [6, 6.07) is 40.9. The molecular weight excluding hydrogens is 812 g/mol. The quantitative estimate of drug-likeness (QED) is 0.116. The predicted octanol–water partition coefficient (Wildman–Crippen LogP) is 10.1. The van der Waals surface area contributed by atoms with Gasteiger partial charge in [0.15, 0.2) is 0 Å².